The number of carbonyl (C=O) groups is 3. The predicted octanol–water partition coefficient (Wildman–Crippen LogP) is 3.97. The average molecular weight is 435 g/mol. The Morgan fingerprint density at radius 2 is 1.78 bits per heavy atom. The van der Waals surface area contributed by atoms with Crippen molar-refractivity contribution in [2.75, 3.05) is 19.0 Å². The number of methoxy groups -OCH3 is 1. The second kappa shape index (κ2) is 10.4. The highest BCUT2D eigenvalue weighted by Gasteiger charge is 2.22. The minimum Gasteiger partial charge on any atom is -0.496 e. The van der Waals surface area contributed by atoms with Crippen LogP contribution in [0.1, 0.15) is 46.0 Å². The van der Waals surface area contributed by atoms with E-state index >= 15 is 0 Å². The zero-order chi connectivity index (χ0) is 23.1. The molecule has 0 unspecified atom stereocenters. The Hall–Kier alpha value is -3.94. The van der Waals surface area contributed by atoms with Gasteiger partial charge in [0.05, 0.1) is 31.2 Å². The fourth-order valence-electron chi connectivity index (χ4n) is 3.19. The number of hydrogen-bond donors (Lipinski definition) is 1. The lowest BCUT2D eigenvalue weighted by molar-refractivity contribution is -0.116. The van der Waals surface area contributed by atoms with Gasteiger partial charge in [0.2, 0.25) is 5.91 Å². The van der Waals surface area contributed by atoms with Crippen LogP contribution < -0.4 is 10.1 Å². The molecule has 1 aromatic heterocycles. The van der Waals surface area contributed by atoms with Crippen molar-refractivity contribution in [2.45, 2.75) is 26.7 Å². The van der Waals surface area contributed by atoms with Crippen LogP contribution in [0.4, 0.5) is 5.82 Å². The second-order valence-corrected chi connectivity index (χ2v) is 7.05. The summed E-state index contributed by atoms with van der Waals surface area (Å²) < 4.78 is 11.8. The Labute approximate surface area is 186 Å². The highest BCUT2D eigenvalue weighted by atomic mass is 16.5. The summed E-state index contributed by atoms with van der Waals surface area (Å²) in [5.41, 5.74) is 2.15. The van der Waals surface area contributed by atoms with Gasteiger partial charge in [-0.25, -0.2) is 9.48 Å². The second-order valence-electron chi connectivity index (χ2n) is 7.05. The molecule has 8 nitrogen and oxygen atoms in total. The van der Waals surface area contributed by atoms with Crippen molar-refractivity contribution >= 4 is 23.5 Å². The van der Waals surface area contributed by atoms with E-state index in [2.05, 4.69) is 10.4 Å². The lowest BCUT2D eigenvalue weighted by Crippen LogP contribution is -2.19. The minimum atomic E-state index is -0.592. The summed E-state index contributed by atoms with van der Waals surface area (Å²) >= 11 is 0. The van der Waals surface area contributed by atoms with Crippen molar-refractivity contribution in [1.29, 1.82) is 0 Å². The third-order valence-corrected chi connectivity index (χ3v) is 4.76. The van der Waals surface area contributed by atoms with Crippen LogP contribution in [0.25, 0.3) is 5.69 Å². The highest BCUT2D eigenvalue weighted by molar-refractivity contribution is 6.03. The number of aryl methyl sites for hydroxylation is 1. The molecular formula is C24H25N3O5. The Morgan fingerprint density at radius 3 is 2.47 bits per heavy atom. The number of carbonyl (C=O) groups excluding carboxylic acids is 3. The molecule has 0 saturated carbocycles. The van der Waals surface area contributed by atoms with Crippen LogP contribution in [-0.4, -0.2) is 41.2 Å². The fraction of sp³-hybridized carbons (Fsp3) is 0.250. The predicted molar refractivity (Wildman–Crippen MR) is 119 cm³/mol. The van der Waals surface area contributed by atoms with Gasteiger partial charge in [-0.05, 0) is 38.1 Å². The van der Waals surface area contributed by atoms with E-state index in [1.54, 1.807) is 31.2 Å². The van der Waals surface area contributed by atoms with Crippen LogP contribution in [0.5, 0.6) is 5.75 Å². The van der Waals surface area contributed by atoms with E-state index in [-0.39, 0.29) is 36.6 Å². The summed E-state index contributed by atoms with van der Waals surface area (Å²) in [5, 5.41) is 6.96. The summed E-state index contributed by atoms with van der Waals surface area (Å²) in [6.45, 7) is 3.77. The van der Waals surface area contributed by atoms with E-state index in [4.69, 9.17) is 9.47 Å². The van der Waals surface area contributed by atoms with Crippen molar-refractivity contribution in [3.8, 4) is 11.4 Å². The quantitative estimate of drug-likeness (QED) is 0.403. The molecule has 1 amide bonds. The number of esters is 1. The zero-order valence-electron chi connectivity index (χ0n) is 18.3. The number of rotatable bonds is 9. The van der Waals surface area contributed by atoms with E-state index in [1.807, 2.05) is 31.2 Å². The number of anilines is 1. The molecule has 166 valence electrons. The lowest BCUT2D eigenvalue weighted by Gasteiger charge is -2.12. The standard InChI is InChI=1S/C24H25N3O5/c1-4-32-24(30)19-15-25-27(17-8-6-5-7-9-17)23(19)26-22(29)13-11-20(28)18-14-16(2)10-12-21(18)31-3/h5-10,12,14-15H,4,11,13H2,1-3H3,(H,26,29). The summed E-state index contributed by atoms with van der Waals surface area (Å²) in [4.78, 5) is 37.7. The number of amides is 1. The van der Waals surface area contributed by atoms with Crippen LogP contribution in [0, 0.1) is 6.92 Å². The molecule has 3 aromatic rings. The van der Waals surface area contributed by atoms with Gasteiger partial charge in [0.15, 0.2) is 11.6 Å². The van der Waals surface area contributed by atoms with Gasteiger partial charge in [0.1, 0.15) is 11.3 Å². The monoisotopic (exact) mass is 435 g/mol. The van der Waals surface area contributed by atoms with Crippen LogP contribution in [0.15, 0.2) is 54.7 Å². The molecule has 8 heteroatoms. The maximum Gasteiger partial charge on any atom is 0.343 e. The number of benzene rings is 2. The smallest absolute Gasteiger partial charge is 0.343 e. The number of Topliss-reactive ketones (excluding diaryl/α,β-unsaturated/α-hetero) is 1. The van der Waals surface area contributed by atoms with Crippen molar-refractivity contribution in [1.82, 2.24) is 9.78 Å². The first-order chi connectivity index (χ1) is 15.4. The maximum absolute atomic E-state index is 12.7. The SMILES string of the molecule is CCOC(=O)c1cnn(-c2ccccc2)c1NC(=O)CCC(=O)c1cc(C)ccc1OC. The van der Waals surface area contributed by atoms with E-state index in [0.29, 0.717) is 17.0 Å². The Balaban J connectivity index is 1.78. The zero-order valence-corrected chi connectivity index (χ0v) is 18.3. The molecule has 0 aliphatic rings. The number of nitrogens with zero attached hydrogens (tertiary/aromatic N) is 2. The van der Waals surface area contributed by atoms with Gasteiger partial charge < -0.3 is 14.8 Å². The van der Waals surface area contributed by atoms with E-state index in [9.17, 15) is 14.4 Å². The summed E-state index contributed by atoms with van der Waals surface area (Å²) in [5.74, 6) is -0.561. The molecule has 32 heavy (non-hydrogen) atoms. The van der Waals surface area contributed by atoms with Crippen LogP contribution in [0.3, 0.4) is 0 Å². The molecule has 0 aliphatic heterocycles. The van der Waals surface area contributed by atoms with Crippen LogP contribution in [0.2, 0.25) is 0 Å². The molecule has 0 aliphatic carbocycles. The minimum absolute atomic E-state index is 0.0140. The van der Waals surface area contributed by atoms with Crippen LogP contribution >= 0.6 is 0 Å². The summed E-state index contributed by atoms with van der Waals surface area (Å²) in [6.07, 6.45) is 1.27. The molecule has 0 spiro atoms. The van der Waals surface area contributed by atoms with Gasteiger partial charge in [0, 0.05) is 12.8 Å². The van der Waals surface area contributed by atoms with Crippen molar-refractivity contribution in [3.05, 3.63) is 71.4 Å². The molecule has 0 radical (unpaired) electrons. The number of hydrogen-bond acceptors (Lipinski definition) is 6. The molecule has 0 atom stereocenters. The Kier molecular flexibility index (Phi) is 7.38. The van der Waals surface area contributed by atoms with Gasteiger partial charge in [-0.3, -0.25) is 9.59 Å². The summed E-state index contributed by atoms with van der Waals surface area (Å²) in [6, 6.07) is 14.4. The topological polar surface area (TPSA) is 99.5 Å². The first-order valence-corrected chi connectivity index (χ1v) is 10.2. The molecular weight excluding hydrogens is 410 g/mol. The molecule has 2 aromatic carbocycles. The molecule has 0 saturated heterocycles. The fourth-order valence-corrected chi connectivity index (χ4v) is 3.19. The van der Waals surface area contributed by atoms with Crippen LogP contribution in [-0.2, 0) is 9.53 Å². The average Bonchev–Trinajstić information content (AvgIpc) is 3.21. The largest absolute Gasteiger partial charge is 0.496 e. The molecule has 0 bridgehead atoms. The number of ketones is 1. The third-order valence-electron chi connectivity index (χ3n) is 4.76. The van der Waals surface area contributed by atoms with Crippen molar-refractivity contribution < 1.29 is 23.9 Å². The van der Waals surface area contributed by atoms with Crippen molar-refractivity contribution in [2.24, 2.45) is 0 Å². The first kappa shape index (κ1) is 22.7. The van der Waals surface area contributed by atoms with Gasteiger partial charge in [0.25, 0.3) is 0 Å². The Bertz CT molecular complexity index is 1120. The van der Waals surface area contributed by atoms with E-state index < -0.39 is 11.9 Å². The van der Waals surface area contributed by atoms with E-state index in [0.717, 1.165) is 5.56 Å². The Morgan fingerprint density at radius 1 is 1.03 bits per heavy atom. The lowest BCUT2D eigenvalue weighted by atomic mass is 10.0. The molecule has 0 fully saturated rings. The van der Waals surface area contributed by atoms with Gasteiger partial charge in [-0.15, -0.1) is 0 Å². The van der Waals surface area contributed by atoms with Gasteiger partial charge in [-0.1, -0.05) is 29.8 Å². The first-order valence-electron chi connectivity index (χ1n) is 10.2. The molecule has 1 N–H and O–H groups in total. The third kappa shape index (κ3) is 5.21. The van der Waals surface area contributed by atoms with Gasteiger partial charge in [-0.2, -0.15) is 5.10 Å². The molecule has 3 rings (SSSR count). The number of para-hydroxylation sites is 1. The van der Waals surface area contributed by atoms with E-state index in [1.165, 1.54) is 18.0 Å². The highest BCUT2D eigenvalue weighted by Crippen LogP contribution is 2.24. The van der Waals surface area contributed by atoms with Gasteiger partial charge >= 0.3 is 5.97 Å². The number of nitrogens with one attached hydrogen (secondary N) is 1. The summed E-state index contributed by atoms with van der Waals surface area (Å²) in [7, 11) is 1.50. The maximum atomic E-state index is 12.7. The normalized spacial score (nSPS) is 10.5. The van der Waals surface area contributed by atoms with Crippen molar-refractivity contribution in [3.63, 3.8) is 0 Å². The number of aromatic nitrogens is 2. The molecule has 1 heterocycles. The number of ether oxygens (including phenoxy) is 2.